The van der Waals surface area contributed by atoms with Gasteiger partial charge < -0.3 is 19.9 Å². The van der Waals surface area contributed by atoms with Gasteiger partial charge in [-0.15, -0.1) is 0 Å². The largest absolute Gasteiger partial charge is 0.497 e. The van der Waals surface area contributed by atoms with E-state index in [0.717, 1.165) is 37.6 Å². The first-order valence-corrected chi connectivity index (χ1v) is 8.63. The Balaban J connectivity index is 1.61. The number of benzene rings is 2. The molecule has 0 aliphatic carbocycles. The van der Waals surface area contributed by atoms with Gasteiger partial charge >= 0.3 is 0 Å². The van der Waals surface area contributed by atoms with Crippen LogP contribution < -0.4 is 15.0 Å². The van der Waals surface area contributed by atoms with E-state index < -0.39 is 0 Å². The van der Waals surface area contributed by atoms with Gasteiger partial charge in [-0.3, -0.25) is 9.59 Å². The van der Waals surface area contributed by atoms with Crippen LogP contribution in [0.25, 0.3) is 0 Å². The van der Waals surface area contributed by atoms with E-state index in [-0.39, 0.29) is 11.8 Å². The normalized spacial score (nSPS) is 14.1. The lowest BCUT2D eigenvalue weighted by Gasteiger charge is -2.35. The van der Waals surface area contributed by atoms with Crippen molar-refractivity contribution < 1.29 is 14.3 Å². The van der Waals surface area contributed by atoms with E-state index >= 15 is 0 Å². The maximum atomic E-state index is 12.4. The van der Waals surface area contributed by atoms with Gasteiger partial charge in [-0.05, 0) is 42.5 Å². The van der Waals surface area contributed by atoms with E-state index in [1.807, 2.05) is 29.2 Å². The highest BCUT2D eigenvalue weighted by atomic mass is 16.5. The van der Waals surface area contributed by atoms with Gasteiger partial charge in [0.25, 0.3) is 5.91 Å². The van der Waals surface area contributed by atoms with Gasteiger partial charge in [-0.2, -0.15) is 0 Å². The summed E-state index contributed by atoms with van der Waals surface area (Å²) in [6, 6.07) is 14.8. The van der Waals surface area contributed by atoms with Gasteiger partial charge in [-0.1, -0.05) is 6.07 Å². The lowest BCUT2D eigenvalue weighted by molar-refractivity contribution is -0.129. The zero-order valence-electron chi connectivity index (χ0n) is 15.1. The Labute approximate surface area is 153 Å². The Morgan fingerprint density at radius 1 is 1.00 bits per heavy atom. The van der Waals surface area contributed by atoms with Gasteiger partial charge in [0.05, 0.1) is 7.11 Å². The molecule has 136 valence electrons. The minimum absolute atomic E-state index is 0.125. The maximum Gasteiger partial charge on any atom is 0.255 e. The fourth-order valence-electron chi connectivity index (χ4n) is 3.00. The van der Waals surface area contributed by atoms with Crippen molar-refractivity contribution in [2.24, 2.45) is 0 Å². The number of nitrogens with one attached hydrogen (secondary N) is 1. The third-order valence-electron chi connectivity index (χ3n) is 4.55. The van der Waals surface area contributed by atoms with E-state index in [1.165, 1.54) is 0 Å². The third kappa shape index (κ3) is 4.14. The van der Waals surface area contributed by atoms with Gasteiger partial charge in [-0.25, -0.2) is 0 Å². The van der Waals surface area contributed by atoms with Crippen LogP contribution in [0.5, 0.6) is 5.75 Å². The summed E-state index contributed by atoms with van der Waals surface area (Å²) in [7, 11) is 1.58. The van der Waals surface area contributed by atoms with Crippen molar-refractivity contribution in [1.82, 2.24) is 4.90 Å². The monoisotopic (exact) mass is 353 g/mol. The number of rotatable bonds is 4. The van der Waals surface area contributed by atoms with Crippen LogP contribution in [0, 0.1) is 0 Å². The Morgan fingerprint density at radius 3 is 2.31 bits per heavy atom. The molecule has 0 bridgehead atoms. The molecule has 2 amide bonds. The lowest BCUT2D eigenvalue weighted by atomic mass is 10.2. The molecule has 1 aliphatic heterocycles. The summed E-state index contributed by atoms with van der Waals surface area (Å²) in [6.45, 7) is 4.72. The van der Waals surface area contributed by atoms with Crippen molar-refractivity contribution in [3.05, 3.63) is 54.1 Å². The summed E-state index contributed by atoms with van der Waals surface area (Å²) < 4.78 is 5.15. The molecule has 6 heteroatoms. The molecule has 2 aromatic carbocycles. The summed E-state index contributed by atoms with van der Waals surface area (Å²) in [5.74, 6) is 0.602. The van der Waals surface area contributed by atoms with Gasteiger partial charge in [0.15, 0.2) is 0 Å². The van der Waals surface area contributed by atoms with Crippen LogP contribution in [0.3, 0.4) is 0 Å². The molecule has 1 fully saturated rings. The standard InChI is InChI=1S/C20H23N3O3/c1-15(24)22-10-12-23(13-11-22)18-8-6-17(7-9-18)21-20(25)16-4-3-5-19(14-16)26-2/h3-9,14H,10-13H2,1-2H3,(H,21,25). The van der Waals surface area contributed by atoms with E-state index in [1.54, 1.807) is 38.3 Å². The van der Waals surface area contributed by atoms with Crippen LogP contribution >= 0.6 is 0 Å². The van der Waals surface area contributed by atoms with Crippen LogP contribution in [0.15, 0.2) is 48.5 Å². The zero-order chi connectivity index (χ0) is 18.5. The van der Waals surface area contributed by atoms with Crippen LogP contribution in [0.2, 0.25) is 0 Å². The average Bonchev–Trinajstić information content (AvgIpc) is 2.68. The first kappa shape index (κ1) is 17.8. The van der Waals surface area contributed by atoms with E-state index in [9.17, 15) is 9.59 Å². The van der Waals surface area contributed by atoms with Crippen molar-refractivity contribution in [3.63, 3.8) is 0 Å². The number of piperazine rings is 1. The number of anilines is 2. The SMILES string of the molecule is COc1cccc(C(=O)Nc2ccc(N3CCN(C(C)=O)CC3)cc2)c1. The summed E-state index contributed by atoms with van der Waals surface area (Å²) in [5.41, 5.74) is 2.38. The predicted octanol–water partition coefficient (Wildman–Crippen LogP) is 2.62. The molecule has 0 saturated carbocycles. The average molecular weight is 353 g/mol. The fraction of sp³-hybridized carbons (Fsp3) is 0.300. The quantitative estimate of drug-likeness (QED) is 0.918. The number of methoxy groups -OCH3 is 1. The Kier molecular flexibility index (Phi) is 5.41. The number of hydrogen-bond donors (Lipinski definition) is 1. The molecule has 1 saturated heterocycles. The molecule has 26 heavy (non-hydrogen) atoms. The maximum absolute atomic E-state index is 12.4. The van der Waals surface area contributed by atoms with Crippen LogP contribution in [0.1, 0.15) is 17.3 Å². The summed E-state index contributed by atoms with van der Waals surface area (Å²) in [6.07, 6.45) is 0. The van der Waals surface area contributed by atoms with Crippen LogP contribution in [-0.4, -0.2) is 50.0 Å². The molecular weight excluding hydrogens is 330 g/mol. The van der Waals surface area contributed by atoms with Crippen molar-refractivity contribution in [2.75, 3.05) is 43.5 Å². The Hall–Kier alpha value is -3.02. The highest BCUT2D eigenvalue weighted by molar-refractivity contribution is 6.04. The van der Waals surface area contributed by atoms with Crippen LogP contribution in [-0.2, 0) is 4.79 Å². The molecule has 1 aliphatic rings. The van der Waals surface area contributed by atoms with Gasteiger partial charge in [0.1, 0.15) is 5.75 Å². The third-order valence-corrected chi connectivity index (χ3v) is 4.55. The molecule has 2 aromatic rings. The molecule has 0 aromatic heterocycles. The minimum atomic E-state index is -0.174. The number of amides is 2. The molecule has 0 radical (unpaired) electrons. The van der Waals surface area contributed by atoms with Crippen molar-refractivity contribution in [1.29, 1.82) is 0 Å². The van der Waals surface area contributed by atoms with E-state index in [4.69, 9.17) is 4.74 Å². The van der Waals surface area contributed by atoms with Crippen molar-refractivity contribution in [2.45, 2.75) is 6.92 Å². The first-order valence-electron chi connectivity index (χ1n) is 8.63. The predicted molar refractivity (Wildman–Crippen MR) is 102 cm³/mol. The highest BCUT2D eigenvalue weighted by Crippen LogP contribution is 2.20. The topological polar surface area (TPSA) is 61.9 Å². The van der Waals surface area contributed by atoms with Gasteiger partial charge in [0.2, 0.25) is 5.91 Å². The molecule has 3 rings (SSSR count). The second kappa shape index (κ2) is 7.91. The van der Waals surface area contributed by atoms with Crippen molar-refractivity contribution in [3.8, 4) is 5.75 Å². The smallest absolute Gasteiger partial charge is 0.255 e. The summed E-state index contributed by atoms with van der Waals surface area (Å²) >= 11 is 0. The van der Waals surface area contributed by atoms with Crippen LogP contribution in [0.4, 0.5) is 11.4 Å². The number of carbonyl (C=O) groups excluding carboxylic acids is 2. The molecule has 1 heterocycles. The van der Waals surface area contributed by atoms with Crippen molar-refractivity contribution >= 4 is 23.2 Å². The number of hydrogen-bond acceptors (Lipinski definition) is 4. The van der Waals surface area contributed by atoms with E-state index in [0.29, 0.717) is 11.3 Å². The number of ether oxygens (including phenoxy) is 1. The Morgan fingerprint density at radius 2 is 1.69 bits per heavy atom. The second-order valence-corrected chi connectivity index (χ2v) is 6.23. The first-order chi connectivity index (χ1) is 12.6. The number of nitrogens with zero attached hydrogens (tertiary/aromatic N) is 2. The van der Waals surface area contributed by atoms with E-state index in [2.05, 4.69) is 10.2 Å². The Bertz CT molecular complexity index is 781. The molecule has 0 atom stereocenters. The molecular formula is C20H23N3O3. The lowest BCUT2D eigenvalue weighted by Crippen LogP contribution is -2.48. The second-order valence-electron chi connectivity index (χ2n) is 6.23. The molecule has 1 N–H and O–H groups in total. The van der Waals surface area contributed by atoms with Gasteiger partial charge in [0, 0.05) is 50.0 Å². The molecule has 0 unspecified atom stereocenters. The highest BCUT2D eigenvalue weighted by Gasteiger charge is 2.18. The number of carbonyl (C=O) groups is 2. The summed E-state index contributed by atoms with van der Waals surface area (Å²) in [4.78, 5) is 27.9. The summed E-state index contributed by atoms with van der Waals surface area (Å²) in [5, 5.41) is 2.90. The molecule has 6 nitrogen and oxygen atoms in total. The minimum Gasteiger partial charge on any atom is -0.497 e. The fourth-order valence-corrected chi connectivity index (χ4v) is 3.00. The molecule has 0 spiro atoms. The zero-order valence-corrected chi connectivity index (χ0v) is 15.1.